The molecule has 0 radical (unpaired) electrons. The largest absolute Gasteiger partial charge is 0.493 e. The maximum Gasteiger partial charge on any atom is 0.255 e. The molecule has 1 aromatic carbocycles. The van der Waals surface area contributed by atoms with Crippen molar-refractivity contribution in [1.29, 1.82) is 0 Å². The maximum atomic E-state index is 12.3. The summed E-state index contributed by atoms with van der Waals surface area (Å²) in [6.45, 7) is 0.621. The number of nitrogens with zero attached hydrogens (tertiary/aromatic N) is 3. The van der Waals surface area contributed by atoms with Gasteiger partial charge in [-0.2, -0.15) is 0 Å². The molecule has 7 nitrogen and oxygen atoms in total. The molecule has 0 saturated carbocycles. The van der Waals surface area contributed by atoms with Crippen LogP contribution in [0, 0.1) is 0 Å². The molecule has 3 aromatic rings. The highest BCUT2D eigenvalue weighted by molar-refractivity contribution is 5.59. The molecule has 2 aromatic heterocycles. The molecule has 0 spiro atoms. The van der Waals surface area contributed by atoms with Crippen LogP contribution in [0.1, 0.15) is 5.56 Å². The Balaban J connectivity index is 1.74. The summed E-state index contributed by atoms with van der Waals surface area (Å²) in [6.07, 6.45) is 4.10. The highest BCUT2D eigenvalue weighted by Crippen LogP contribution is 2.27. The number of ether oxygens (including phenoxy) is 2. The fraction of sp³-hybridized carbons (Fsp3) is 0.250. The molecule has 7 heteroatoms. The van der Waals surface area contributed by atoms with Gasteiger partial charge in [0.15, 0.2) is 11.5 Å². The number of anilines is 1. The van der Waals surface area contributed by atoms with Crippen LogP contribution in [0.4, 0.5) is 5.95 Å². The van der Waals surface area contributed by atoms with Crippen molar-refractivity contribution in [2.24, 2.45) is 7.05 Å². The predicted molar refractivity (Wildman–Crippen MR) is 104 cm³/mol. The Morgan fingerprint density at radius 2 is 1.78 bits per heavy atom. The molecule has 0 amide bonds. The molecule has 0 atom stereocenters. The van der Waals surface area contributed by atoms with Gasteiger partial charge in [-0.05, 0) is 36.2 Å². The van der Waals surface area contributed by atoms with E-state index in [0.717, 1.165) is 17.5 Å². The Morgan fingerprint density at radius 1 is 1.04 bits per heavy atom. The van der Waals surface area contributed by atoms with Crippen molar-refractivity contribution in [2.75, 3.05) is 26.1 Å². The number of hydrogen-bond acceptors (Lipinski definition) is 6. The summed E-state index contributed by atoms with van der Waals surface area (Å²) in [6, 6.07) is 11.0. The summed E-state index contributed by atoms with van der Waals surface area (Å²) < 4.78 is 12.1. The van der Waals surface area contributed by atoms with Gasteiger partial charge >= 0.3 is 0 Å². The van der Waals surface area contributed by atoms with Gasteiger partial charge in [0.1, 0.15) is 0 Å². The number of nitrogens with one attached hydrogen (secondary N) is 1. The third-order valence-corrected chi connectivity index (χ3v) is 4.26. The minimum Gasteiger partial charge on any atom is -0.493 e. The van der Waals surface area contributed by atoms with Crippen molar-refractivity contribution in [3.63, 3.8) is 0 Å². The first-order valence-electron chi connectivity index (χ1n) is 8.55. The molecule has 0 saturated heterocycles. The van der Waals surface area contributed by atoms with Crippen molar-refractivity contribution in [1.82, 2.24) is 14.5 Å². The average molecular weight is 366 g/mol. The topological polar surface area (TPSA) is 78.3 Å². The van der Waals surface area contributed by atoms with E-state index in [2.05, 4.69) is 15.3 Å². The van der Waals surface area contributed by atoms with E-state index in [1.807, 2.05) is 30.3 Å². The number of hydrogen-bond donors (Lipinski definition) is 1. The van der Waals surface area contributed by atoms with Crippen molar-refractivity contribution in [2.45, 2.75) is 6.42 Å². The molecule has 0 aliphatic rings. The molecule has 0 unspecified atom stereocenters. The Labute approximate surface area is 157 Å². The lowest BCUT2D eigenvalue weighted by molar-refractivity contribution is 0.354. The minimum atomic E-state index is -0.120. The van der Waals surface area contributed by atoms with Crippen LogP contribution in [-0.4, -0.2) is 35.3 Å². The van der Waals surface area contributed by atoms with E-state index >= 15 is 0 Å². The second-order valence-electron chi connectivity index (χ2n) is 5.96. The molecule has 0 aliphatic heterocycles. The first kappa shape index (κ1) is 18.4. The van der Waals surface area contributed by atoms with E-state index in [4.69, 9.17) is 9.47 Å². The zero-order chi connectivity index (χ0) is 19.2. The van der Waals surface area contributed by atoms with Crippen LogP contribution in [-0.2, 0) is 13.5 Å². The number of methoxy groups -OCH3 is 2. The quantitative estimate of drug-likeness (QED) is 0.692. The van der Waals surface area contributed by atoms with Crippen molar-refractivity contribution < 1.29 is 9.47 Å². The third kappa shape index (κ3) is 4.25. The molecular weight excluding hydrogens is 344 g/mol. The number of rotatable bonds is 7. The van der Waals surface area contributed by atoms with Crippen LogP contribution in [0.25, 0.3) is 11.3 Å². The van der Waals surface area contributed by atoms with E-state index in [9.17, 15) is 4.79 Å². The lowest BCUT2D eigenvalue weighted by Gasteiger charge is -2.13. The SMILES string of the molecule is COc1ccc(CCNc2nc(-c3ccncc3)cc(=O)n2C)cc1OC. The van der Waals surface area contributed by atoms with Crippen molar-refractivity contribution in [3.05, 3.63) is 64.7 Å². The van der Waals surface area contributed by atoms with E-state index in [1.54, 1.807) is 33.7 Å². The molecule has 140 valence electrons. The summed E-state index contributed by atoms with van der Waals surface area (Å²) >= 11 is 0. The Kier molecular flexibility index (Phi) is 5.71. The summed E-state index contributed by atoms with van der Waals surface area (Å²) in [5.74, 6) is 1.92. The van der Waals surface area contributed by atoms with Crippen molar-refractivity contribution >= 4 is 5.95 Å². The second-order valence-corrected chi connectivity index (χ2v) is 5.96. The normalized spacial score (nSPS) is 10.5. The van der Waals surface area contributed by atoms with Crippen LogP contribution in [0.3, 0.4) is 0 Å². The van der Waals surface area contributed by atoms with Gasteiger partial charge in [0.2, 0.25) is 5.95 Å². The van der Waals surface area contributed by atoms with E-state index in [-0.39, 0.29) is 5.56 Å². The summed E-state index contributed by atoms with van der Waals surface area (Å²) in [4.78, 5) is 20.8. The standard InChI is InChI=1S/C20H22N4O3/c1-24-19(25)13-16(15-7-9-21-10-8-15)23-20(24)22-11-6-14-4-5-17(26-2)18(12-14)27-3/h4-5,7-10,12-13H,6,11H2,1-3H3,(H,22,23). The average Bonchev–Trinajstić information content (AvgIpc) is 2.71. The lowest BCUT2D eigenvalue weighted by Crippen LogP contribution is -2.22. The van der Waals surface area contributed by atoms with Gasteiger partial charge in [-0.25, -0.2) is 4.98 Å². The molecule has 1 N–H and O–H groups in total. The van der Waals surface area contributed by atoms with Crippen LogP contribution in [0.15, 0.2) is 53.6 Å². The van der Waals surface area contributed by atoms with Gasteiger partial charge in [-0.3, -0.25) is 14.3 Å². The smallest absolute Gasteiger partial charge is 0.255 e. The van der Waals surface area contributed by atoms with E-state index in [1.165, 1.54) is 10.6 Å². The van der Waals surface area contributed by atoms with Gasteiger partial charge in [0.05, 0.1) is 19.9 Å². The molecule has 0 aliphatic carbocycles. The Hall–Kier alpha value is -3.35. The Bertz CT molecular complexity index is 971. The van der Waals surface area contributed by atoms with E-state index in [0.29, 0.717) is 29.7 Å². The monoisotopic (exact) mass is 366 g/mol. The summed E-state index contributed by atoms with van der Waals surface area (Å²) in [5, 5.41) is 3.24. The number of benzene rings is 1. The van der Waals surface area contributed by atoms with Gasteiger partial charge in [-0.15, -0.1) is 0 Å². The zero-order valence-corrected chi connectivity index (χ0v) is 15.6. The van der Waals surface area contributed by atoms with Gasteiger partial charge in [0, 0.05) is 37.6 Å². The van der Waals surface area contributed by atoms with Gasteiger partial charge in [0.25, 0.3) is 5.56 Å². The third-order valence-electron chi connectivity index (χ3n) is 4.26. The fourth-order valence-corrected chi connectivity index (χ4v) is 2.72. The van der Waals surface area contributed by atoms with Crippen LogP contribution in [0.2, 0.25) is 0 Å². The summed E-state index contributed by atoms with van der Waals surface area (Å²) in [5.41, 5.74) is 2.45. The van der Waals surface area contributed by atoms with Crippen molar-refractivity contribution in [3.8, 4) is 22.8 Å². The molecule has 0 bridgehead atoms. The Morgan fingerprint density at radius 3 is 2.48 bits per heavy atom. The van der Waals surface area contributed by atoms with Crippen LogP contribution < -0.4 is 20.3 Å². The highest BCUT2D eigenvalue weighted by Gasteiger charge is 2.08. The maximum absolute atomic E-state index is 12.3. The molecule has 2 heterocycles. The predicted octanol–water partition coefficient (Wildman–Crippen LogP) is 2.51. The molecule has 3 rings (SSSR count). The minimum absolute atomic E-state index is 0.120. The number of pyridine rings is 1. The van der Waals surface area contributed by atoms with Gasteiger partial charge in [-0.1, -0.05) is 6.07 Å². The van der Waals surface area contributed by atoms with Crippen LogP contribution >= 0.6 is 0 Å². The first-order chi connectivity index (χ1) is 13.1. The molecule has 0 fully saturated rings. The van der Waals surface area contributed by atoms with Gasteiger partial charge < -0.3 is 14.8 Å². The van der Waals surface area contributed by atoms with Crippen LogP contribution in [0.5, 0.6) is 11.5 Å². The second kappa shape index (κ2) is 8.35. The highest BCUT2D eigenvalue weighted by atomic mass is 16.5. The molecule has 27 heavy (non-hydrogen) atoms. The molecular formula is C20H22N4O3. The van der Waals surface area contributed by atoms with E-state index < -0.39 is 0 Å². The summed E-state index contributed by atoms with van der Waals surface area (Å²) in [7, 11) is 4.93. The number of aromatic nitrogens is 3. The fourth-order valence-electron chi connectivity index (χ4n) is 2.72. The zero-order valence-electron chi connectivity index (χ0n) is 15.6. The first-order valence-corrected chi connectivity index (χ1v) is 8.55. The lowest BCUT2D eigenvalue weighted by atomic mass is 10.1.